The van der Waals surface area contributed by atoms with Crippen LogP contribution in [0.5, 0.6) is 0 Å². The summed E-state index contributed by atoms with van der Waals surface area (Å²) >= 11 is 0. The monoisotopic (exact) mass is 365 g/mol. The highest BCUT2D eigenvalue weighted by atomic mass is 19.4. The number of alkyl halides is 3. The van der Waals surface area contributed by atoms with Crippen molar-refractivity contribution >= 4 is 17.5 Å². The van der Waals surface area contributed by atoms with E-state index in [2.05, 4.69) is 9.97 Å². The van der Waals surface area contributed by atoms with Crippen molar-refractivity contribution in [2.75, 3.05) is 22.9 Å². The molecule has 26 heavy (non-hydrogen) atoms. The van der Waals surface area contributed by atoms with E-state index in [0.29, 0.717) is 24.7 Å². The van der Waals surface area contributed by atoms with E-state index in [9.17, 15) is 18.0 Å². The molecule has 7 nitrogen and oxygen atoms in total. The molecular formula is C16H14F3N5O2. The topological polar surface area (TPSA) is 81.6 Å². The van der Waals surface area contributed by atoms with Crippen molar-refractivity contribution in [3.8, 4) is 0 Å². The largest absolute Gasteiger partial charge is 0.416 e. The minimum atomic E-state index is -4.36. The SMILES string of the molecule is O=C(NO)c1cnc(N2CC3[C@H]2CN3c2cccc(C(F)(F)F)c2)nc1. The van der Waals surface area contributed by atoms with E-state index in [1.54, 1.807) is 6.07 Å². The van der Waals surface area contributed by atoms with E-state index in [1.807, 2.05) is 9.80 Å². The van der Waals surface area contributed by atoms with Crippen LogP contribution >= 0.6 is 0 Å². The number of hydroxylamine groups is 1. The molecule has 0 radical (unpaired) electrons. The normalized spacial score (nSPS) is 21.5. The molecule has 136 valence electrons. The van der Waals surface area contributed by atoms with Crippen LogP contribution < -0.4 is 15.3 Å². The maximum atomic E-state index is 12.9. The molecule has 0 bridgehead atoms. The minimum absolute atomic E-state index is 0.113. The first-order valence-electron chi connectivity index (χ1n) is 7.85. The smallest absolute Gasteiger partial charge is 0.362 e. The van der Waals surface area contributed by atoms with Gasteiger partial charge in [-0.1, -0.05) is 6.07 Å². The second kappa shape index (κ2) is 5.84. The lowest BCUT2D eigenvalue weighted by molar-refractivity contribution is -0.137. The number of carbonyl (C=O) groups excluding carboxylic acids is 1. The van der Waals surface area contributed by atoms with Gasteiger partial charge in [-0.3, -0.25) is 10.0 Å². The van der Waals surface area contributed by atoms with Gasteiger partial charge in [-0.05, 0) is 18.2 Å². The number of hydrogen-bond acceptors (Lipinski definition) is 6. The zero-order chi connectivity index (χ0) is 18.5. The predicted molar refractivity (Wildman–Crippen MR) is 85.0 cm³/mol. The summed E-state index contributed by atoms with van der Waals surface area (Å²) in [6.45, 7) is 1.17. The minimum Gasteiger partial charge on any atom is -0.362 e. The summed E-state index contributed by atoms with van der Waals surface area (Å²) in [7, 11) is 0. The fraction of sp³-hybridized carbons (Fsp3) is 0.312. The van der Waals surface area contributed by atoms with Gasteiger partial charge >= 0.3 is 6.18 Å². The van der Waals surface area contributed by atoms with Gasteiger partial charge < -0.3 is 9.80 Å². The number of fused-ring (bicyclic) bond motifs is 1. The van der Waals surface area contributed by atoms with Crippen molar-refractivity contribution in [3.63, 3.8) is 0 Å². The number of halogens is 3. The van der Waals surface area contributed by atoms with Crippen LogP contribution in [0.25, 0.3) is 0 Å². The summed E-state index contributed by atoms with van der Waals surface area (Å²) in [5, 5.41) is 8.58. The van der Waals surface area contributed by atoms with Crippen molar-refractivity contribution < 1.29 is 23.2 Å². The maximum absolute atomic E-state index is 12.9. The van der Waals surface area contributed by atoms with Crippen LogP contribution in [0.2, 0.25) is 0 Å². The van der Waals surface area contributed by atoms with E-state index in [-0.39, 0.29) is 17.6 Å². The Hall–Kier alpha value is -2.88. The number of hydrogen-bond donors (Lipinski definition) is 2. The molecule has 2 atom stereocenters. The Morgan fingerprint density at radius 3 is 2.38 bits per heavy atom. The summed E-state index contributed by atoms with van der Waals surface area (Å²) in [4.78, 5) is 23.4. The predicted octanol–water partition coefficient (Wildman–Crippen LogP) is 1.69. The molecule has 1 aromatic heterocycles. The average molecular weight is 365 g/mol. The van der Waals surface area contributed by atoms with E-state index in [1.165, 1.54) is 23.9 Å². The highest BCUT2D eigenvalue weighted by Crippen LogP contribution is 2.40. The molecule has 4 rings (SSSR count). The van der Waals surface area contributed by atoms with Gasteiger partial charge in [0, 0.05) is 31.2 Å². The quantitative estimate of drug-likeness (QED) is 0.636. The van der Waals surface area contributed by atoms with E-state index < -0.39 is 17.6 Å². The van der Waals surface area contributed by atoms with Gasteiger partial charge in [0.05, 0.1) is 23.2 Å². The Kier molecular flexibility index (Phi) is 3.72. The third kappa shape index (κ3) is 2.62. The van der Waals surface area contributed by atoms with Crippen molar-refractivity contribution in [3.05, 3.63) is 47.8 Å². The maximum Gasteiger partial charge on any atom is 0.416 e. The van der Waals surface area contributed by atoms with E-state index in [0.717, 1.165) is 12.1 Å². The third-order valence-corrected chi connectivity index (χ3v) is 4.78. The molecule has 1 aromatic carbocycles. The summed E-state index contributed by atoms with van der Waals surface area (Å²) in [6, 6.07) is 5.55. The number of aromatic nitrogens is 2. The summed E-state index contributed by atoms with van der Waals surface area (Å²) < 4.78 is 38.6. The molecule has 1 amide bonds. The van der Waals surface area contributed by atoms with Gasteiger partial charge in [-0.2, -0.15) is 13.2 Å². The van der Waals surface area contributed by atoms with Crippen LogP contribution in [0.3, 0.4) is 0 Å². The molecule has 2 aliphatic heterocycles. The van der Waals surface area contributed by atoms with Crippen LogP contribution in [-0.4, -0.2) is 46.3 Å². The fourth-order valence-corrected chi connectivity index (χ4v) is 3.29. The molecule has 10 heteroatoms. The zero-order valence-electron chi connectivity index (χ0n) is 13.3. The van der Waals surface area contributed by atoms with Crippen LogP contribution in [0.15, 0.2) is 36.7 Å². The number of nitrogens with zero attached hydrogens (tertiary/aromatic N) is 4. The Morgan fingerprint density at radius 1 is 1.15 bits per heavy atom. The zero-order valence-corrected chi connectivity index (χ0v) is 13.3. The van der Waals surface area contributed by atoms with Crippen molar-refractivity contribution in [1.29, 1.82) is 0 Å². The number of amides is 1. The number of piperazine rings is 1. The highest BCUT2D eigenvalue weighted by Gasteiger charge is 2.52. The lowest BCUT2D eigenvalue weighted by Crippen LogP contribution is -2.79. The van der Waals surface area contributed by atoms with Gasteiger partial charge in [-0.15, -0.1) is 0 Å². The van der Waals surface area contributed by atoms with E-state index >= 15 is 0 Å². The second-order valence-electron chi connectivity index (χ2n) is 6.20. The van der Waals surface area contributed by atoms with Gasteiger partial charge in [0.2, 0.25) is 5.95 Å². The molecule has 1 unspecified atom stereocenters. The molecule has 2 aromatic rings. The first-order valence-corrected chi connectivity index (χ1v) is 7.85. The highest BCUT2D eigenvalue weighted by molar-refractivity contribution is 5.92. The Morgan fingerprint density at radius 2 is 1.81 bits per heavy atom. The van der Waals surface area contributed by atoms with Gasteiger partial charge in [0.1, 0.15) is 0 Å². The molecule has 0 aliphatic carbocycles. The lowest BCUT2D eigenvalue weighted by Gasteiger charge is -2.62. The van der Waals surface area contributed by atoms with Crippen LogP contribution in [0.1, 0.15) is 15.9 Å². The molecule has 0 spiro atoms. The van der Waals surface area contributed by atoms with Crippen molar-refractivity contribution in [1.82, 2.24) is 15.4 Å². The van der Waals surface area contributed by atoms with Crippen LogP contribution in [0.4, 0.5) is 24.8 Å². The lowest BCUT2D eigenvalue weighted by atomic mass is 9.85. The molecule has 2 fully saturated rings. The Bertz CT molecular complexity index is 843. The Labute approximate surface area is 146 Å². The third-order valence-electron chi connectivity index (χ3n) is 4.78. The summed E-state index contributed by atoms with van der Waals surface area (Å²) in [6.07, 6.45) is -1.74. The molecule has 3 heterocycles. The molecular weight excluding hydrogens is 351 g/mol. The molecule has 2 N–H and O–H groups in total. The standard InChI is InChI=1S/C16H14F3N5O2/c17-16(18,19)10-2-1-3-11(4-10)23-7-13-12(23)8-24(13)15-20-5-9(6-21-15)14(25)22-26/h1-6,12-13,26H,7-8H2,(H,22,25)/t12?,13-/m1/s1. The van der Waals surface area contributed by atoms with Crippen LogP contribution in [-0.2, 0) is 6.18 Å². The molecule has 0 saturated carbocycles. The fourth-order valence-electron chi connectivity index (χ4n) is 3.29. The van der Waals surface area contributed by atoms with Gasteiger partial charge in [0.15, 0.2) is 0 Å². The molecule has 2 saturated heterocycles. The second-order valence-corrected chi connectivity index (χ2v) is 6.20. The number of rotatable bonds is 3. The number of anilines is 2. The number of benzene rings is 1. The van der Waals surface area contributed by atoms with E-state index in [4.69, 9.17) is 5.21 Å². The Balaban J connectivity index is 1.43. The summed E-state index contributed by atoms with van der Waals surface area (Å²) in [5.41, 5.74) is 1.53. The average Bonchev–Trinajstić information content (AvgIpc) is 2.62. The summed E-state index contributed by atoms with van der Waals surface area (Å²) in [5.74, 6) is -0.248. The van der Waals surface area contributed by atoms with Crippen molar-refractivity contribution in [2.45, 2.75) is 18.3 Å². The first kappa shape index (κ1) is 16.6. The number of carbonyl (C=O) groups is 1. The van der Waals surface area contributed by atoms with Gasteiger partial charge in [-0.25, -0.2) is 15.4 Å². The molecule has 2 aliphatic rings. The van der Waals surface area contributed by atoms with Gasteiger partial charge in [0.25, 0.3) is 5.91 Å². The number of nitrogens with one attached hydrogen (secondary N) is 1. The van der Waals surface area contributed by atoms with Crippen LogP contribution in [0, 0.1) is 0 Å². The van der Waals surface area contributed by atoms with Crippen molar-refractivity contribution in [2.24, 2.45) is 0 Å². The first-order chi connectivity index (χ1) is 12.4.